The van der Waals surface area contributed by atoms with Crippen LogP contribution in [0.2, 0.25) is 5.02 Å². The van der Waals surface area contributed by atoms with E-state index in [2.05, 4.69) is 10.6 Å². The van der Waals surface area contributed by atoms with E-state index >= 15 is 0 Å². The summed E-state index contributed by atoms with van der Waals surface area (Å²) in [4.78, 5) is 23.7. The Bertz CT molecular complexity index is 1120. The van der Waals surface area contributed by atoms with E-state index in [1.807, 2.05) is 6.92 Å². The average molecular weight is 527 g/mol. The number of aliphatic carboxylic acids is 1. The fourth-order valence-corrected chi connectivity index (χ4v) is 4.91. The Labute approximate surface area is 213 Å². The zero-order valence-corrected chi connectivity index (χ0v) is 21.1. The number of ether oxygens (including phenoxy) is 1. The molecule has 0 radical (unpaired) electrons. The van der Waals surface area contributed by atoms with Gasteiger partial charge < -0.3 is 20.5 Å². The number of benzene rings is 2. The number of rotatable bonds is 8. The van der Waals surface area contributed by atoms with Crippen molar-refractivity contribution in [2.45, 2.75) is 51.7 Å². The van der Waals surface area contributed by atoms with E-state index < -0.39 is 29.7 Å². The summed E-state index contributed by atoms with van der Waals surface area (Å²) < 4.78 is 47.0. The molecular formula is C26H30ClF3N2O4. The number of nitrogens with one attached hydrogen (secondary N) is 2. The summed E-state index contributed by atoms with van der Waals surface area (Å²) in [5, 5.41) is 15.1. The molecule has 2 aromatic rings. The molecule has 1 atom stereocenters. The number of carboxylic acid groups (broad SMARTS) is 1. The van der Waals surface area contributed by atoms with Gasteiger partial charge >= 0.3 is 12.1 Å². The number of aryl methyl sites for hydroxylation is 1. The largest absolute Gasteiger partial charge is 0.496 e. The number of methoxy groups -OCH3 is 1. The van der Waals surface area contributed by atoms with E-state index in [1.165, 1.54) is 19.2 Å². The van der Waals surface area contributed by atoms with E-state index in [0.29, 0.717) is 42.0 Å². The van der Waals surface area contributed by atoms with E-state index in [9.17, 15) is 22.8 Å². The normalized spacial score (nSPS) is 18.9. The van der Waals surface area contributed by atoms with Crippen molar-refractivity contribution in [2.75, 3.05) is 19.0 Å². The van der Waals surface area contributed by atoms with Gasteiger partial charge in [0.25, 0.3) is 5.91 Å². The lowest BCUT2D eigenvalue weighted by atomic mass is 9.82. The lowest BCUT2D eigenvalue weighted by Crippen LogP contribution is -2.32. The van der Waals surface area contributed by atoms with Crippen LogP contribution in [0.4, 0.5) is 18.9 Å². The number of anilines is 1. The first-order valence-corrected chi connectivity index (χ1v) is 12.1. The summed E-state index contributed by atoms with van der Waals surface area (Å²) in [5.41, 5.74) is 0.148. The maximum Gasteiger partial charge on any atom is 0.418 e. The van der Waals surface area contributed by atoms with Gasteiger partial charge in [-0.1, -0.05) is 11.6 Å². The molecule has 2 aromatic carbocycles. The maximum atomic E-state index is 13.9. The second-order valence-corrected chi connectivity index (χ2v) is 9.64. The zero-order chi connectivity index (χ0) is 26.6. The standard InChI is InChI=1S/C26H30ClF3N2O4/c1-14-10-21(27)19(12-23(14)36-3)15(2)32-22-9-8-18(11-20(22)26(28,29)30)24(33)31-13-16-4-6-17(7-5-16)25(34)35/h8-12,15-17,32H,4-7,13H2,1-3H3,(H,31,33)(H,34,35). The van der Waals surface area contributed by atoms with Crippen LogP contribution in [0.1, 0.15) is 65.7 Å². The van der Waals surface area contributed by atoms with Crippen molar-refractivity contribution in [3.05, 3.63) is 57.6 Å². The molecule has 36 heavy (non-hydrogen) atoms. The molecule has 1 fully saturated rings. The topological polar surface area (TPSA) is 87.7 Å². The van der Waals surface area contributed by atoms with Crippen LogP contribution in [0.25, 0.3) is 0 Å². The molecule has 0 spiro atoms. The number of hydrogen-bond donors (Lipinski definition) is 3. The Morgan fingerprint density at radius 3 is 2.42 bits per heavy atom. The lowest BCUT2D eigenvalue weighted by Gasteiger charge is -2.26. The first-order chi connectivity index (χ1) is 16.9. The van der Waals surface area contributed by atoms with Crippen LogP contribution in [0.5, 0.6) is 5.75 Å². The summed E-state index contributed by atoms with van der Waals surface area (Å²) in [6.07, 6.45) is -2.33. The van der Waals surface area contributed by atoms with Gasteiger partial charge in [-0.2, -0.15) is 13.2 Å². The molecular weight excluding hydrogens is 497 g/mol. The van der Waals surface area contributed by atoms with Gasteiger partial charge in [-0.15, -0.1) is 0 Å². The molecule has 196 valence electrons. The molecule has 0 aromatic heterocycles. The molecule has 3 N–H and O–H groups in total. The number of carbonyl (C=O) groups is 2. The van der Waals surface area contributed by atoms with E-state index in [-0.39, 0.29) is 29.6 Å². The predicted molar refractivity (Wildman–Crippen MR) is 132 cm³/mol. The van der Waals surface area contributed by atoms with Crippen LogP contribution in [0, 0.1) is 18.8 Å². The highest BCUT2D eigenvalue weighted by Gasteiger charge is 2.35. The molecule has 0 heterocycles. The van der Waals surface area contributed by atoms with Gasteiger partial charge in [0, 0.05) is 22.8 Å². The van der Waals surface area contributed by atoms with Crippen LogP contribution in [0.15, 0.2) is 30.3 Å². The van der Waals surface area contributed by atoms with Crippen LogP contribution in [-0.2, 0) is 11.0 Å². The monoisotopic (exact) mass is 526 g/mol. The van der Waals surface area contributed by atoms with Crippen molar-refractivity contribution >= 4 is 29.2 Å². The van der Waals surface area contributed by atoms with Gasteiger partial charge in [0.05, 0.1) is 24.6 Å². The summed E-state index contributed by atoms with van der Waals surface area (Å²) >= 11 is 6.34. The van der Waals surface area contributed by atoms with Gasteiger partial charge in [-0.05, 0) is 86.9 Å². The number of halogens is 4. The van der Waals surface area contributed by atoms with Crippen LogP contribution < -0.4 is 15.4 Å². The van der Waals surface area contributed by atoms with Crippen molar-refractivity contribution in [3.8, 4) is 5.75 Å². The summed E-state index contributed by atoms with van der Waals surface area (Å²) in [6.45, 7) is 3.80. The predicted octanol–water partition coefficient (Wildman–Crippen LogP) is 6.47. The highest BCUT2D eigenvalue weighted by Crippen LogP contribution is 2.38. The third kappa shape index (κ3) is 6.63. The Kier molecular flexibility index (Phi) is 8.76. The molecule has 1 amide bonds. The van der Waals surface area contributed by atoms with Gasteiger partial charge in [0.15, 0.2) is 0 Å². The quantitative estimate of drug-likeness (QED) is 0.367. The first kappa shape index (κ1) is 27.6. The zero-order valence-electron chi connectivity index (χ0n) is 20.3. The van der Waals surface area contributed by atoms with E-state index in [4.69, 9.17) is 21.4 Å². The van der Waals surface area contributed by atoms with Crippen molar-refractivity contribution < 1.29 is 32.6 Å². The second kappa shape index (κ2) is 11.4. The smallest absolute Gasteiger partial charge is 0.418 e. The molecule has 3 rings (SSSR count). The van der Waals surface area contributed by atoms with Crippen LogP contribution >= 0.6 is 11.6 Å². The summed E-state index contributed by atoms with van der Waals surface area (Å²) in [7, 11) is 1.50. The minimum Gasteiger partial charge on any atom is -0.496 e. The number of amides is 1. The fourth-order valence-electron chi connectivity index (χ4n) is 4.53. The number of carboxylic acids is 1. The summed E-state index contributed by atoms with van der Waals surface area (Å²) in [5.74, 6) is -1.12. The highest BCUT2D eigenvalue weighted by atomic mass is 35.5. The molecule has 1 saturated carbocycles. The molecule has 0 aliphatic heterocycles. The lowest BCUT2D eigenvalue weighted by molar-refractivity contribution is -0.143. The number of carbonyl (C=O) groups excluding carboxylic acids is 1. The number of alkyl halides is 3. The Morgan fingerprint density at radius 2 is 1.83 bits per heavy atom. The van der Waals surface area contributed by atoms with Crippen LogP contribution in [0.3, 0.4) is 0 Å². The SMILES string of the molecule is COc1cc(C(C)Nc2ccc(C(=O)NCC3CCC(C(=O)O)CC3)cc2C(F)(F)F)c(Cl)cc1C. The Morgan fingerprint density at radius 1 is 1.17 bits per heavy atom. The molecule has 0 saturated heterocycles. The average Bonchev–Trinajstić information content (AvgIpc) is 2.82. The van der Waals surface area contributed by atoms with Crippen molar-refractivity contribution in [1.29, 1.82) is 0 Å². The van der Waals surface area contributed by atoms with Gasteiger partial charge in [-0.3, -0.25) is 9.59 Å². The van der Waals surface area contributed by atoms with Gasteiger partial charge in [0.2, 0.25) is 0 Å². The van der Waals surface area contributed by atoms with Crippen LogP contribution in [-0.4, -0.2) is 30.6 Å². The number of hydrogen-bond acceptors (Lipinski definition) is 4. The van der Waals surface area contributed by atoms with E-state index in [1.54, 1.807) is 19.1 Å². The van der Waals surface area contributed by atoms with Gasteiger partial charge in [0.1, 0.15) is 5.75 Å². The highest BCUT2D eigenvalue weighted by molar-refractivity contribution is 6.31. The molecule has 1 aliphatic rings. The molecule has 1 unspecified atom stereocenters. The molecule has 0 bridgehead atoms. The third-order valence-corrected chi connectivity index (χ3v) is 7.01. The van der Waals surface area contributed by atoms with Gasteiger partial charge in [-0.25, -0.2) is 0 Å². The Balaban J connectivity index is 1.73. The molecule has 6 nitrogen and oxygen atoms in total. The molecule has 10 heteroatoms. The molecule has 1 aliphatic carbocycles. The minimum atomic E-state index is -4.69. The van der Waals surface area contributed by atoms with Crippen molar-refractivity contribution in [1.82, 2.24) is 5.32 Å². The first-order valence-electron chi connectivity index (χ1n) is 11.7. The maximum absolute atomic E-state index is 13.9. The third-order valence-electron chi connectivity index (χ3n) is 6.69. The Hall–Kier alpha value is -2.94. The summed E-state index contributed by atoms with van der Waals surface area (Å²) in [6, 6.07) is 6.23. The fraction of sp³-hybridized carbons (Fsp3) is 0.462. The minimum absolute atomic E-state index is 0.102. The second-order valence-electron chi connectivity index (χ2n) is 9.23. The van der Waals surface area contributed by atoms with E-state index in [0.717, 1.165) is 11.6 Å². The van der Waals surface area contributed by atoms with Crippen molar-refractivity contribution in [2.24, 2.45) is 11.8 Å². The van der Waals surface area contributed by atoms with Crippen molar-refractivity contribution in [3.63, 3.8) is 0 Å².